The summed E-state index contributed by atoms with van der Waals surface area (Å²) in [4.78, 5) is 0. The van der Waals surface area contributed by atoms with Crippen molar-refractivity contribution >= 4 is 19.7 Å². The monoisotopic (exact) mass is 250 g/mol. The van der Waals surface area contributed by atoms with Crippen LogP contribution in [0.15, 0.2) is 0 Å². The van der Waals surface area contributed by atoms with Gasteiger partial charge in [0.25, 0.3) is 0 Å². The highest BCUT2D eigenvalue weighted by atomic mass is 35.5. The average molecular weight is 251 g/mol. The zero-order valence-corrected chi connectivity index (χ0v) is 12.9. The summed E-state index contributed by atoms with van der Waals surface area (Å²) in [6.45, 7) is 15.1. The molecule has 0 bridgehead atoms. The third-order valence-electron chi connectivity index (χ3n) is 3.98. The minimum atomic E-state index is -1.25. The molecule has 0 amide bonds. The van der Waals surface area contributed by atoms with E-state index in [1.54, 1.807) is 0 Å². The average Bonchev–Trinajstić information content (AvgIpc) is 2.10. The van der Waals surface area contributed by atoms with E-state index in [0.717, 1.165) is 23.2 Å². The van der Waals surface area contributed by atoms with Crippen molar-refractivity contribution in [3.05, 3.63) is 0 Å². The second-order valence-corrected chi connectivity index (χ2v) is 11.8. The first kappa shape index (κ1) is 15.5. The molecule has 0 aromatic carbocycles. The number of halogens is 1. The van der Waals surface area contributed by atoms with E-state index in [2.05, 4.69) is 41.5 Å². The van der Waals surface area contributed by atoms with Gasteiger partial charge in [0.15, 0.2) is 0 Å². The maximum absolute atomic E-state index is 5.56. The number of ether oxygens (including phenoxy) is 1. The maximum Gasteiger partial charge on any atom is 0.120 e. The molecular weight excluding hydrogens is 224 g/mol. The molecule has 0 unspecified atom stereocenters. The van der Waals surface area contributed by atoms with Crippen LogP contribution < -0.4 is 0 Å². The number of hydrogen-bond donors (Lipinski definition) is 0. The lowest BCUT2D eigenvalue weighted by molar-refractivity contribution is 0.193. The number of alkyl halides is 1. The van der Waals surface area contributed by atoms with Crippen molar-refractivity contribution in [3.8, 4) is 0 Å². The Kier molecular flexibility index (Phi) is 7.14. The van der Waals surface area contributed by atoms with E-state index >= 15 is 0 Å². The molecule has 0 aliphatic heterocycles. The van der Waals surface area contributed by atoms with Gasteiger partial charge in [0, 0.05) is 6.61 Å². The van der Waals surface area contributed by atoms with Gasteiger partial charge < -0.3 is 4.74 Å². The molecule has 0 atom stereocenters. The van der Waals surface area contributed by atoms with Crippen molar-refractivity contribution < 1.29 is 4.74 Å². The third kappa shape index (κ3) is 3.76. The molecule has 0 radical (unpaired) electrons. The maximum atomic E-state index is 5.56. The molecule has 1 nitrogen and oxygen atoms in total. The van der Waals surface area contributed by atoms with Crippen molar-refractivity contribution in [2.45, 2.75) is 64.2 Å². The Morgan fingerprint density at radius 3 is 1.60 bits per heavy atom. The molecule has 15 heavy (non-hydrogen) atoms. The van der Waals surface area contributed by atoms with Gasteiger partial charge in [-0.1, -0.05) is 69.8 Å². The van der Waals surface area contributed by atoms with Gasteiger partial charge in [0.1, 0.15) is 6.07 Å². The van der Waals surface area contributed by atoms with Gasteiger partial charge in [-0.05, 0) is 6.04 Å². The summed E-state index contributed by atoms with van der Waals surface area (Å²) in [6.07, 6.45) is 0. The van der Waals surface area contributed by atoms with Crippen molar-refractivity contribution in [1.29, 1.82) is 0 Å². The summed E-state index contributed by atoms with van der Waals surface area (Å²) in [5.41, 5.74) is 2.45. The first-order valence-electron chi connectivity index (χ1n) is 6.03. The van der Waals surface area contributed by atoms with Crippen LogP contribution >= 0.6 is 11.6 Å². The molecule has 0 aliphatic rings. The summed E-state index contributed by atoms with van der Waals surface area (Å²) in [5, 5.41) is 0. The standard InChI is InChI=1S/C12H27ClOSi/c1-10(2)15(11(3)4,12(5)6)8-7-14-9-13/h10-12H,7-9H2,1-6H3. The SMILES string of the molecule is CC(C)[Si](CCOCCl)(C(C)C)C(C)C. The summed E-state index contributed by atoms with van der Waals surface area (Å²) >= 11 is 5.56. The molecule has 0 aromatic heterocycles. The van der Waals surface area contributed by atoms with E-state index in [1.165, 1.54) is 6.04 Å². The van der Waals surface area contributed by atoms with Gasteiger partial charge in [-0.15, -0.1) is 0 Å². The van der Waals surface area contributed by atoms with E-state index < -0.39 is 8.07 Å². The minimum absolute atomic E-state index is 0.332. The fourth-order valence-electron chi connectivity index (χ4n) is 3.17. The van der Waals surface area contributed by atoms with Gasteiger partial charge in [-0.3, -0.25) is 0 Å². The van der Waals surface area contributed by atoms with Crippen LogP contribution in [0.2, 0.25) is 22.7 Å². The van der Waals surface area contributed by atoms with Gasteiger partial charge in [0.05, 0.1) is 8.07 Å². The molecule has 0 N–H and O–H groups in total. The Hall–Kier alpha value is 0.467. The van der Waals surface area contributed by atoms with E-state index in [-0.39, 0.29) is 0 Å². The zero-order chi connectivity index (χ0) is 12.1. The van der Waals surface area contributed by atoms with Gasteiger partial charge in [-0.25, -0.2) is 0 Å². The predicted octanol–water partition coefficient (Wildman–Crippen LogP) is 4.88. The Morgan fingerprint density at radius 1 is 0.933 bits per heavy atom. The molecule has 0 fully saturated rings. The third-order valence-corrected chi connectivity index (χ3v) is 11.7. The Labute approximate surface area is 102 Å². The van der Waals surface area contributed by atoms with Crippen LogP contribution in [-0.2, 0) is 4.74 Å². The van der Waals surface area contributed by atoms with Gasteiger partial charge >= 0.3 is 0 Å². The lowest BCUT2D eigenvalue weighted by atomic mass is 10.5. The van der Waals surface area contributed by atoms with Crippen LogP contribution in [0.3, 0.4) is 0 Å². The fourth-order valence-corrected chi connectivity index (χ4v) is 9.51. The highest BCUT2D eigenvalue weighted by Crippen LogP contribution is 2.44. The fraction of sp³-hybridized carbons (Fsp3) is 1.00. The highest BCUT2D eigenvalue weighted by Gasteiger charge is 2.41. The molecule has 0 saturated carbocycles. The quantitative estimate of drug-likeness (QED) is 0.356. The van der Waals surface area contributed by atoms with Crippen LogP contribution in [0.1, 0.15) is 41.5 Å². The van der Waals surface area contributed by atoms with E-state index in [4.69, 9.17) is 16.3 Å². The van der Waals surface area contributed by atoms with E-state index in [1.807, 2.05) is 0 Å². The molecule has 0 heterocycles. The normalized spacial score (nSPS) is 13.2. The van der Waals surface area contributed by atoms with Crippen LogP contribution in [0, 0.1) is 0 Å². The van der Waals surface area contributed by atoms with Crippen molar-refractivity contribution in [1.82, 2.24) is 0 Å². The van der Waals surface area contributed by atoms with Crippen LogP contribution in [0.4, 0.5) is 0 Å². The van der Waals surface area contributed by atoms with Gasteiger partial charge in [0.2, 0.25) is 0 Å². The van der Waals surface area contributed by atoms with Gasteiger partial charge in [-0.2, -0.15) is 0 Å². The second kappa shape index (κ2) is 6.92. The predicted molar refractivity (Wildman–Crippen MR) is 72.5 cm³/mol. The van der Waals surface area contributed by atoms with E-state index in [9.17, 15) is 0 Å². The molecular formula is C12H27ClOSi. The molecule has 0 saturated heterocycles. The minimum Gasteiger partial charge on any atom is -0.366 e. The topological polar surface area (TPSA) is 9.23 Å². The van der Waals surface area contributed by atoms with Crippen molar-refractivity contribution in [3.63, 3.8) is 0 Å². The number of rotatable bonds is 7. The largest absolute Gasteiger partial charge is 0.366 e. The zero-order valence-electron chi connectivity index (χ0n) is 11.1. The first-order chi connectivity index (χ1) is 6.89. The highest BCUT2D eigenvalue weighted by molar-refractivity contribution is 6.83. The molecule has 0 aliphatic carbocycles. The Morgan fingerprint density at radius 2 is 1.33 bits per heavy atom. The summed E-state index contributed by atoms with van der Waals surface area (Å²) < 4.78 is 5.34. The van der Waals surface area contributed by atoms with Crippen molar-refractivity contribution in [2.75, 3.05) is 12.7 Å². The van der Waals surface area contributed by atoms with Crippen LogP contribution in [0.5, 0.6) is 0 Å². The summed E-state index contributed by atoms with van der Waals surface area (Å²) in [6, 6.07) is 1.57. The Balaban J connectivity index is 4.65. The lowest BCUT2D eigenvalue weighted by Crippen LogP contribution is -2.45. The molecule has 0 aromatic rings. The molecule has 0 rings (SSSR count). The smallest absolute Gasteiger partial charge is 0.120 e. The van der Waals surface area contributed by atoms with Crippen molar-refractivity contribution in [2.24, 2.45) is 0 Å². The van der Waals surface area contributed by atoms with Crippen LogP contribution in [0.25, 0.3) is 0 Å². The van der Waals surface area contributed by atoms with E-state index in [0.29, 0.717) is 6.07 Å². The second-order valence-electron chi connectivity index (χ2n) is 5.34. The summed E-state index contributed by atoms with van der Waals surface area (Å²) in [5.74, 6) is 0. The molecule has 0 spiro atoms. The summed E-state index contributed by atoms with van der Waals surface area (Å²) in [7, 11) is -1.25. The van der Waals surface area contributed by atoms with Crippen LogP contribution in [-0.4, -0.2) is 20.7 Å². The first-order valence-corrected chi connectivity index (χ1v) is 9.00. The molecule has 92 valence electrons. The Bertz CT molecular complexity index is 147. The lowest BCUT2D eigenvalue weighted by Gasteiger charge is -2.43. The molecule has 3 heteroatoms. The number of hydrogen-bond acceptors (Lipinski definition) is 1.